The lowest BCUT2D eigenvalue weighted by Gasteiger charge is -2.08. The smallest absolute Gasteiger partial charge is 0.152 e. The van der Waals surface area contributed by atoms with Gasteiger partial charge in [0.05, 0.1) is 6.04 Å². The molecule has 3 nitrogen and oxygen atoms in total. The second kappa shape index (κ2) is 5.66. The summed E-state index contributed by atoms with van der Waals surface area (Å²) in [5, 5.41) is 2.86. The van der Waals surface area contributed by atoms with E-state index in [2.05, 4.69) is 5.32 Å². The predicted molar refractivity (Wildman–Crippen MR) is 48.0 cm³/mol. The Morgan fingerprint density at radius 3 is 2.33 bits per heavy atom. The van der Waals surface area contributed by atoms with Crippen LogP contribution >= 0.6 is 0 Å². The molecule has 3 heteroatoms. The molecule has 0 saturated heterocycles. The number of ketones is 2. The predicted octanol–water partition coefficient (Wildman–Crippen LogP) is 0.699. The maximum atomic E-state index is 10.9. The van der Waals surface area contributed by atoms with Gasteiger partial charge in [0, 0.05) is 0 Å². The van der Waals surface area contributed by atoms with Gasteiger partial charge in [0.2, 0.25) is 0 Å². The van der Waals surface area contributed by atoms with Gasteiger partial charge in [0.15, 0.2) is 5.78 Å². The highest BCUT2D eigenvalue weighted by Crippen LogP contribution is 1.94. The zero-order valence-corrected chi connectivity index (χ0v) is 7.76. The SMILES string of the molecule is CNC(C/C=C/C(C)=O)C(C)=O. The van der Waals surface area contributed by atoms with Gasteiger partial charge < -0.3 is 5.32 Å². The summed E-state index contributed by atoms with van der Waals surface area (Å²) in [6.45, 7) is 3.02. The number of nitrogens with one attached hydrogen (secondary N) is 1. The molecule has 0 amide bonds. The molecule has 0 radical (unpaired) electrons. The van der Waals surface area contributed by atoms with Gasteiger partial charge in [-0.25, -0.2) is 0 Å². The Bertz CT molecular complexity index is 197. The fourth-order valence-corrected chi connectivity index (χ4v) is 0.857. The van der Waals surface area contributed by atoms with E-state index in [1.165, 1.54) is 19.9 Å². The van der Waals surface area contributed by atoms with Gasteiger partial charge in [-0.15, -0.1) is 0 Å². The Morgan fingerprint density at radius 2 is 2.00 bits per heavy atom. The Kier molecular flexibility index (Phi) is 5.21. The summed E-state index contributed by atoms with van der Waals surface area (Å²) >= 11 is 0. The zero-order valence-electron chi connectivity index (χ0n) is 7.76. The third kappa shape index (κ3) is 4.79. The third-order valence-electron chi connectivity index (χ3n) is 1.56. The lowest BCUT2D eigenvalue weighted by atomic mass is 10.1. The highest BCUT2D eigenvalue weighted by atomic mass is 16.1. The molecular weight excluding hydrogens is 154 g/mol. The van der Waals surface area contributed by atoms with E-state index in [1.54, 1.807) is 13.1 Å². The summed E-state index contributed by atoms with van der Waals surface area (Å²) in [5.74, 6) is 0.0964. The van der Waals surface area contributed by atoms with E-state index in [-0.39, 0.29) is 17.6 Å². The molecule has 0 aliphatic rings. The number of carbonyl (C=O) groups is 2. The molecule has 12 heavy (non-hydrogen) atoms. The molecule has 0 aliphatic carbocycles. The lowest BCUT2D eigenvalue weighted by Crippen LogP contribution is -2.31. The quantitative estimate of drug-likeness (QED) is 0.616. The first-order valence-corrected chi connectivity index (χ1v) is 3.92. The van der Waals surface area contributed by atoms with E-state index in [0.29, 0.717) is 6.42 Å². The van der Waals surface area contributed by atoms with Gasteiger partial charge in [-0.05, 0) is 33.4 Å². The Hall–Kier alpha value is -0.960. The lowest BCUT2D eigenvalue weighted by molar-refractivity contribution is -0.119. The van der Waals surface area contributed by atoms with Gasteiger partial charge in [-0.1, -0.05) is 6.08 Å². The van der Waals surface area contributed by atoms with E-state index in [4.69, 9.17) is 0 Å². The highest BCUT2D eigenvalue weighted by Gasteiger charge is 2.07. The fraction of sp³-hybridized carbons (Fsp3) is 0.556. The maximum Gasteiger partial charge on any atom is 0.152 e. The monoisotopic (exact) mass is 169 g/mol. The molecule has 0 bridgehead atoms. The molecule has 0 aromatic heterocycles. The van der Waals surface area contributed by atoms with E-state index in [0.717, 1.165) is 0 Å². The second-order valence-corrected chi connectivity index (χ2v) is 2.70. The molecule has 1 atom stereocenters. The van der Waals surface area contributed by atoms with Crippen LogP contribution in [0.5, 0.6) is 0 Å². The van der Waals surface area contributed by atoms with Gasteiger partial charge in [-0.3, -0.25) is 9.59 Å². The average Bonchev–Trinajstić information content (AvgIpc) is 1.96. The van der Waals surface area contributed by atoms with Crippen LogP contribution in [0.4, 0.5) is 0 Å². The number of carbonyl (C=O) groups excluding carboxylic acids is 2. The summed E-state index contributed by atoms with van der Waals surface area (Å²) in [7, 11) is 1.73. The van der Waals surface area contributed by atoms with Crippen molar-refractivity contribution in [3.63, 3.8) is 0 Å². The molecule has 68 valence electrons. The zero-order chi connectivity index (χ0) is 9.56. The molecule has 0 rings (SSSR count). The molecule has 0 heterocycles. The Morgan fingerprint density at radius 1 is 1.42 bits per heavy atom. The number of allylic oxidation sites excluding steroid dienone is 1. The van der Waals surface area contributed by atoms with E-state index in [9.17, 15) is 9.59 Å². The number of rotatable bonds is 5. The van der Waals surface area contributed by atoms with Gasteiger partial charge in [-0.2, -0.15) is 0 Å². The molecular formula is C9H15NO2. The molecule has 0 spiro atoms. The average molecular weight is 169 g/mol. The summed E-state index contributed by atoms with van der Waals surface area (Å²) < 4.78 is 0. The second-order valence-electron chi connectivity index (χ2n) is 2.70. The van der Waals surface area contributed by atoms with Crippen LogP contribution in [-0.4, -0.2) is 24.7 Å². The minimum atomic E-state index is -0.166. The Labute approximate surface area is 72.8 Å². The van der Waals surface area contributed by atoms with Crippen LogP contribution in [0.25, 0.3) is 0 Å². The third-order valence-corrected chi connectivity index (χ3v) is 1.56. The van der Waals surface area contributed by atoms with Crippen LogP contribution in [0.15, 0.2) is 12.2 Å². The summed E-state index contributed by atoms with van der Waals surface area (Å²) in [6.07, 6.45) is 3.77. The standard InChI is InChI=1S/C9H15NO2/c1-7(11)5-4-6-9(10-3)8(2)12/h4-5,9-10H,6H2,1-3H3/b5-4+. The topological polar surface area (TPSA) is 46.2 Å². The van der Waals surface area contributed by atoms with Crippen molar-refractivity contribution in [3.8, 4) is 0 Å². The van der Waals surface area contributed by atoms with Gasteiger partial charge >= 0.3 is 0 Å². The molecule has 1 unspecified atom stereocenters. The van der Waals surface area contributed by atoms with Gasteiger partial charge in [0.25, 0.3) is 0 Å². The van der Waals surface area contributed by atoms with Crippen molar-refractivity contribution in [3.05, 3.63) is 12.2 Å². The first-order chi connectivity index (χ1) is 5.57. The molecule has 0 fully saturated rings. The van der Waals surface area contributed by atoms with Gasteiger partial charge in [0.1, 0.15) is 5.78 Å². The number of likely N-dealkylation sites (N-methyl/N-ethyl adjacent to an activating group) is 1. The van der Waals surface area contributed by atoms with E-state index < -0.39 is 0 Å². The van der Waals surface area contributed by atoms with E-state index in [1.807, 2.05) is 0 Å². The number of hydrogen-bond acceptors (Lipinski definition) is 3. The highest BCUT2D eigenvalue weighted by molar-refractivity contribution is 5.87. The maximum absolute atomic E-state index is 10.9. The van der Waals surface area contributed by atoms with Crippen molar-refractivity contribution in [2.24, 2.45) is 0 Å². The van der Waals surface area contributed by atoms with Crippen LogP contribution in [-0.2, 0) is 9.59 Å². The summed E-state index contributed by atoms with van der Waals surface area (Å²) in [5.41, 5.74) is 0. The molecule has 0 saturated carbocycles. The minimum Gasteiger partial charge on any atom is -0.310 e. The van der Waals surface area contributed by atoms with Crippen molar-refractivity contribution in [2.75, 3.05) is 7.05 Å². The van der Waals surface area contributed by atoms with Crippen molar-refractivity contribution < 1.29 is 9.59 Å². The summed E-state index contributed by atoms with van der Waals surface area (Å²) in [6, 6.07) is -0.166. The molecule has 0 aromatic carbocycles. The van der Waals surface area contributed by atoms with Crippen molar-refractivity contribution in [1.82, 2.24) is 5.32 Å². The van der Waals surface area contributed by atoms with Crippen LogP contribution in [0.2, 0.25) is 0 Å². The Balaban J connectivity index is 3.88. The first kappa shape index (κ1) is 11.0. The van der Waals surface area contributed by atoms with Crippen LogP contribution in [0, 0.1) is 0 Å². The van der Waals surface area contributed by atoms with E-state index >= 15 is 0 Å². The number of Topliss-reactive ketones (excluding diaryl/α,β-unsaturated/α-hetero) is 1. The molecule has 0 aliphatic heterocycles. The molecule has 1 N–H and O–H groups in total. The van der Waals surface area contributed by atoms with Crippen LogP contribution < -0.4 is 5.32 Å². The van der Waals surface area contributed by atoms with Crippen molar-refractivity contribution >= 4 is 11.6 Å². The van der Waals surface area contributed by atoms with Crippen molar-refractivity contribution in [1.29, 1.82) is 0 Å². The van der Waals surface area contributed by atoms with Crippen LogP contribution in [0.1, 0.15) is 20.3 Å². The first-order valence-electron chi connectivity index (χ1n) is 3.92. The largest absolute Gasteiger partial charge is 0.310 e. The normalized spacial score (nSPS) is 13.2. The molecule has 0 aromatic rings. The van der Waals surface area contributed by atoms with Crippen LogP contribution in [0.3, 0.4) is 0 Å². The fourth-order valence-electron chi connectivity index (χ4n) is 0.857. The summed E-state index contributed by atoms with van der Waals surface area (Å²) in [4.78, 5) is 21.4. The van der Waals surface area contributed by atoms with Crippen molar-refractivity contribution in [2.45, 2.75) is 26.3 Å². The minimum absolute atomic E-state index is 0.00778. The number of hydrogen-bond donors (Lipinski definition) is 1.